The number of nitrogens with zero attached hydrogens (tertiary/aromatic N) is 1. The van der Waals surface area contributed by atoms with E-state index in [2.05, 4.69) is 65.8 Å². The van der Waals surface area contributed by atoms with Gasteiger partial charge in [0.1, 0.15) is 0 Å². The molecule has 0 saturated carbocycles. The molecule has 1 aliphatic rings. The van der Waals surface area contributed by atoms with Crippen LogP contribution in [0.15, 0.2) is 54.6 Å². The highest BCUT2D eigenvalue weighted by molar-refractivity contribution is 7.80. The second kappa shape index (κ2) is 9.12. The standard InChI is InChI=1S/C21H27N3OS/c1-16-8-6-7-11-19(16)23-21(26)22-17(2)20(18-9-4-3-5-10-18)24-12-14-25-15-13-24/h3-11,17,20H,12-15H2,1-2H3,(H2,22,23,26)/t17-,20-/m1/s1. The first-order chi connectivity index (χ1) is 12.6. The molecule has 4 nitrogen and oxygen atoms in total. The molecule has 0 spiro atoms. The first kappa shape index (κ1) is 18.8. The molecule has 26 heavy (non-hydrogen) atoms. The van der Waals surface area contributed by atoms with Crippen LogP contribution in [-0.4, -0.2) is 42.4 Å². The number of ether oxygens (including phenoxy) is 1. The van der Waals surface area contributed by atoms with Crippen LogP contribution in [0.2, 0.25) is 0 Å². The molecule has 2 aromatic rings. The lowest BCUT2D eigenvalue weighted by Crippen LogP contribution is -2.49. The smallest absolute Gasteiger partial charge is 0.171 e. The molecular weight excluding hydrogens is 342 g/mol. The lowest BCUT2D eigenvalue weighted by Gasteiger charge is -2.38. The van der Waals surface area contributed by atoms with Gasteiger partial charge in [-0.1, -0.05) is 48.5 Å². The summed E-state index contributed by atoms with van der Waals surface area (Å²) in [7, 11) is 0. The fraction of sp³-hybridized carbons (Fsp3) is 0.381. The molecule has 1 heterocycles. The monoisotopic (exact) mass is 369 g/mol. The third-order valence-corrected chi connectivity index (χ3v) is 5.03. The maximum Gasteiger partial charge on any atom is 0.171 e. The summed E-state index contributed by atoms with van der Waals surface area (Å²) >= 11 is 5.58. The number of morpholine rings is 1. The van der Waals surface area contributed by atoms with Gasteiger partial charge in [0.2, 0.25) is 0 Å². The minimum atomic E-state index is 0.166. The van der Waals surface area contributed by atoms with Gasteiger partial charge in [-0.15, -0.1) is 0 Å². The quantitative estimate of drug-likeness (QED) is 0.785. The minimum Gasteiger partial charge on any atom is -0.379 e. The predicted octanol–water partition coefficient (Wildman–Crippen LogP) is 3.74. The molecule has 2 aromatic carbocycles. The number of hydrogen-bond acceptors (Lipinski definition) is 3. The van der Waals surface area contributed by atoms with Gasteiger partial charge in [0.25, 0.3) is 0 Å². The Morgan fingerprint density at radius 2 is 1.69 bits per heavy atom. The van der Waals surface area contributed by atoms with E-state index in [1.54, 1.807) is 0 Å². The van der Waals surface area contributed by atoms with Crippen molar-refractivity contribution in [3.8, 4) is 0 Å². The first-order valence-corrected chi connectivity index (χ1v) is 9.56. The Morgan fingerprint density at radius 1 is 1.04 bits per heavy atom. The zero-order valence-electron chi connectivity index (χ0n) is 15.4. The fourth-order valence-corrected chi connectivity index (χ4v) is 3.77. The number of thiocarbonyl (C=S) groups is 1. The zero-order chi connectivity index (χ0) is 18.4. The van der Waals surface area contributed by atoms with E-state index in [1.807, 2.05) is 18.2 Å². The average molecular weight is 370 g/mol. The normalized spacial score (nSPS) is 17.3. The number of anilines is 1. The molecule has 138 valence electrons. The number of aryl methyl sites for hydroxylation is 1. The van der Waals surface area contributed by atoms with Crippen LogP contribution in [0.25, 0.3) is 0 Å². The van der Waals surface area contributed by atoms with E-state index >= 15 is 0 Å². The second-order valence-electron chi connectivity index (χ2n) is 6.71. The molecule has 1 aliphatic heterocycles. The van der Waals surface area contributed by atoms with Crippen molar-refractivity contribution in [3.05, 3.63) is 65.7 Å². The van der Waals surface area contributed by atoms with Crippen molar-refractivity contribution in [3.63, 3.8) is 0 Å². The summed E-state index contributed by atoms with van der Waals surface area (Å²) in [5.41, 5.74) is 3.52. The highest BCUT2D eigenvalue weighted by Gasteiger charge is 2.28. The number of benzene rings is 2. The molecule has 1 saturated heterocycles. The van der Waals surface area contributed by atoms with Crippen LogP contribution in [0.5, 0.6) is 0 Å². The van der Waals surface area contributed by atoms with Gasteiger partial charge in [0, 0.05) is 24.8 Å². The van der Waals surface area contributed by atoms with Gasteiger partial charge >= 0.3 is 0 Å². The Kier molecular flexibility index (Phi) is 6.61. The van der Waals surface area contributed by atoms with Crippen molar-refractivity contribution in [1.29, 1.82) is 0 Å². The second-order valence-corrected chi connectivity index (χ2v) is 7.11. The van der Waals surface area contributed by atoms with Crippen LogP contribution in [0.3, 0.4) is 0 Å². The summed E-state index contributed by atoms with van der Waals surface area (Å²) in [4.78, 5) is 2.48. The zero-order valence-corrected chi connectivity index (χ0v) is 16.3. The van der Waals surface area contributed by atoms with E-state index in [4.69, 9.17) is 17.0 Å². The summed E-state index contributed by atoms with van der Waals surface area (Å²) in [5, 5.41) is 7.47. The Morgan fingerprint density at radius 3 is 2.38 bits per heavy atom. The van der Waals surface area contributed by atoms with Crippen LogP contribution >= 0.6 is 12.2 Å². The molecule has 0 aliphatic carbocycles. The van der Waals surface area contributed by atoms with Crippen LogP contribution in [0.4, 0.5) is 5.69 Å². The van der Waals surface area contributed by atoms with Crippen LogP contribution in [-0.2, 0) is 4.74 Å². The fourth-order valence-electron chi connectivity index (χ4n) is 3.48. The van der Waals surface area contributed by atoms with Crippen molar-refractivity contribution < 1.29 is 4.74 Å². The molecule has 5 heteroatoms. The third kappa shape index (κ3) is 4.81. The van der Waals surface area contributed by atoms with Crippen LogP contribution in [0, 0.1) is 6.92 Å². The van der Waals surface area contributed by atoms with Gasteiger partial charge in [-0.25, -0.2) is 0 Å². The Bertz CT molecular complexity index is 716. The van der Waals surface area contributed by atoms with Crippen molar-refractivity contribution in [2.75, 3.05) is 31.6 Å². The van der Waals surface area contributed by atoms with Gasteiger partial charge in [-0.05, 0) is 43.3 Å². The summed E-state index contributed by atoms with van der Waals surface area (Å²) < 4.78 is 5.54. The summed E-state index contributed by atoms with van der Waals surface area (Å²) in [5.74, 6) is 0. The van der Waals surface area contributed by atoms with Crippen molar-refractivity contribution in [2.24, 2.45) is 0 Å². The maximum absolute atomic E-state index is 5.58. The molecule has 0 unspecified atom stereocenters. The van der Waals surface area contributed by atoms with E-state index in [1.165, 1.54) is 11.1 Å². The lowest BCUT2D eigenvalue weighted by atomic mass is 9.98. The highest BCUT2D eigenvalue weighted by Crippen LogP contribution is 2.25. The molecule has 2 atom stereocenters. The highest BCUT2D eigenvalue weighted by atomic mass is 32.1. The third-order valence-electron chi connectivity index (χ3n) is 4.81. The molecule has 0 radical (unpaired) electrons. The topological polar surface area (TPSA) is 36.5 Å². The largest absolute Gasteiger partial charge is 0.379 e. The van der Waals surface area contributed by atoms with Gasteiger partial charge in [-0.3, -0.25) is 4.90 Å². The number of hydrogen-bond donors (Lipinski definition) is 2. The molecule has 3 rings (SSSR count). The van der Waals surface area contributed by atoms with Crippen LogP contribution < -0.4 is 10.6 Å². The molecule has 0 amide bonds. The minimum absolute atomic E-state index is 0.166. The molecule has 1 fully saturated rings. The molecule has 2 N–H and O–H groups in total. The Hall–Kier alpha value is -1.95. The van der Waals surface area contributed by atoms with Crippen LogP contribution in [0.1, 0.15) is 24.1 Å². The Balaban J connectivity index is 1.71. The average Bonchev–Trinajstić information content (AvgIpc) is 2.65. The van der Waals surface area contributed by atoms with E-state index < -0.39 is 0 Å². The van der Waals surface area contributed by atoms with Gasteiger partial charge in [0.15, 0.2) is 5.11 Å². The molecule has 0 aromatic heterocycles. The number of nitrogens with one attached hydrogen (secondary N) is 2. The summed E-state index contributed by atoms with van der Waals surface area (Å²) in [6.07, 6.45) is 0. The van der Waals surface area contributed by atoms with E-state index in [9.17, 15) is 0 Å². The van der Waals surface area contributed by atoms with E-state index in [0.29, 0.717) is 5.11 Å². The SMILES string of the molecule is Cc1ccccc1NC(=S)N[C@H](C)[C@H](c1ccccc1)N1CCOCC1. The van der Waals surface area contributed by atoms with Crippen molar-refractivity contribution in [1.82, 2.24) is 10.2 Å². The van der Waals surface area contributed by atoms with Gasteiger partial charge in [-0.2, -0.15) is 0 Å². The first-order valence-electron chi connectivity index (χ1n) is 9.15. The van der Waals surface area contributed by atoms with Gasteiger partial charge in [0.05, 0.1) is 19.3 Å². The number of rotatable bonds is 5. The predicted molar refractivity (Wildman–Crippen MR) is 112 cm³/mol. The maximum atomic E-state index is 5.58. The van der Waals surface area contributed by atoms with Gasteiger partial charge < -0.3 is 15.4 Å². The summed E-state index contributed by atoms with van der Waals surface area (Å²) in [6.45, 7) is 7.70. The van der Waals surface area contributed by atoms with E-state index in [-0.39, 0.29) is 12.1 Å². The lowest BCUT2D eigenvalue weighted by molar-refractivity contribution is 0.0102. The molecular formula is C21H27N3OS. The van der Waals surface area contributed by atoms with E-state index in [0.717, 1.165) is 32.0 Å². The Labute approximate surface area is 161 Å². The number of para-hydroxylation sites is 1. The van der Waals surface area contributed by atoms with Crippen molar-refractivity contribution >= 4 is 23.0 Å². The molecule has 0 bridgehead atoms. The summed E-state index contributed by atoms with van der Waals surface area (Å²) in [6, 6.07) is 19.2. The van der Waals surface area contributed by atoms with Crippen molar-refractivity contribution in [2.45, 2.75) is 25.9 Å².